The molecule has 5 rings (SSSR count). The fourth-order valence-electron chi connectivity index (χ4n) is 7.59. The van der Waals surface area contributed by atoms with Crippen molar-refractivity contribution in [2.45, 2.75) is 65.0 Å². The monoisotopic (exact) mass is 461 g/mol. The van der Waals surface area contributed by atoms with Gasteiger partial charge in [0, 0.05) is 31.3 Å². The van der Waals surface area contributed by atoms with Crippen molar-refractivity contribution in [1.29, 1.82) is 0 Å². The number of amides is 1. The number of hydrogen-bond donors (Lipinski definition) is 0. The van der Waals surface area contributed by atoms with Crippen molar-refractivity contribution in [2.75, 3.05) is 6.67 Å². The molecule has 0 bridgehead atoms. The van der Waals surface area contributed by atoms with Crippen molar-refractivity contribution in [3.05, 3.63) is 71.3 Å². The second kappa shape index (κ2) is 9.28. The summed E-state index contributed by atoms with van der Waals surface area (Å²) in [5, 5.41) is 0. The average Bonchev–Trinajstić information content (AvgIpc) is 3.38. The van der Waals surface area contributed by atoms with Crippen LogP contribution in [0.5, 0.6) is 0 Å². The molecule has 0 N–H and O–H groups in total. The Labute approximate surface area is 202 Å². The number of ketones is 1. The molecule has 1 aliphatic heterocycles. The summed E-state index contributed by atoms with van der Waals surface area (Å²) in [6, 6.07) is 8.28. The number of hydrogen-bond acceptors (Lipinski definition) is 2. The number of allylic oxidation sites excluding steroid dienone is 5. The molecule has 34 heavy (non-hydrogen) atoms. The van der Waals surface area contributed by atoms with Crippen LogP contribution in [0.3, 0.4) is 0 Å². The van der Waals surface area contributed by atoms with Crippen molar-refractivity contribution in [1.82, 2.24) is 4.90 Å². The fourth-order valence-corrected chi connectivity index (χ4v) is 7.59. The maximum absolute atomic E-state index is 13.2. The van der Waals surface area contributed by atoms with Crippen LogP contribution < -0.4 is 0 Å². The third-order valence-corrected chi connectivity index (χ3v) is 9.29. The molecule has 3 aliphatic carbocycles. The van der Waals surface area contributed by atoms with E-state index in [1.54, 1.807) is 6.08 Å². The van der Waals surface area contributed by atoms with Gasteiger partial charge in [0.25, 0.3) is 0 Å². The number of rotatable bonds is 5. The van der Waals surface area contributed by atoms with Gasteiger partial charge in [0.05, 0.1) is 0 Å². The van der Waals surface area contributed by atoms with Crippen LogP contribution in [0.15, 0.2) is 60.2 Å². The lowest BCUT2D eigenvalue weighted by Crippen LogP contribution is -2.45. The van der Waals surface area contributed by atoms with Gasteiger partial charge in [-0.05, 0) is 72.5 Å². The van der Waals surface area contributed by atoms with Gasteiger partial charge in [0.2, 0.25) is 5.91 Å². The first-order valence-electron chi connectivity index (χ1n) is 12.9. The van der Waals surface area contributed by atoms with Crippen molar-refractivity contribution in [2.24, 2.45) is 29.1 Å². The molecule has 4 aliphatic rings. The number of fused-ring (bicyclic) bond motifs is 4. The lowest BCUT2D eigenvalue weighted by Gasteiger charge is -2.50. The smallest absolute Gasteiger partial charge is 0.223 e. The van der Waals surface area contributed by atoms with E-state index < -0.39 is 6.67 Å². The van der Waals surface area contributed by atoms with Crippen molar-refractivity contribution >= 4 is 11.7 Å². The lowest BCUT2D eigenvalue weighted by atomic mass is 9.53. The summed E-state index contributed by atoms with van der Waals surface area (Å²) in [6.07, 6.45) is 11.2. The zero-order chi connectivity index (χ0) is 23.9. The second-order valence-corrected chi connectivity index (χ2v) is 11.0. The Hall–Kier alpha value is -2.49. The van der Waals surface area contributed by atoms with E-state index in [9.17, 15) is 14.0 Å². The fraction of sp³-hybridized carbons (Fsp3) is 0.533. The van der Waals surface area contributed by atoms with Gasteiger partial charge in [0.1, 0.15) is 12.5 Å². The lowest BCUT2D eigenvalue weighted by molar-refractivity contribution is -0.132. The maximum Gasteiger partial charge on any atom is 0.223 e. The minimum absolute atomic E-state index is 0.207. The van der Waals surface area contributed by atoms with E-state index in [2.05, 4.69) is 31.7 Å². The van der Waals surface area contributed by atoms with Gasteiger partial charge in [-0.3, -0.25) is 9.59 Å². The van der Waals surface area contributed by atoms with Gasteiger partial charge in [0.15, 0.2) is 0 Å². The third-order valence-electron chi connectivity index (χ3n) is 9.29. The molecule has 0 aromatic heterocycles. The average molecular weight is 462 g/mol. The summed E-state index contributed by atoms with van der Waals surface area (Å²) in [6.45, 7) is 7.44. The summed E-state index contributed by atoms with van der Waals surface area (Å²) in [5.41, 5.74) is 4.65. The molecule has 0 spiro atoms. The van der Waals surface area contributed by atoms with E-state index in [4.69, 9.17) is 0 Å². The Bertz CT molecular complexity index is 1030. The van der Waals surface area contributed by atoms with Gasteiger partial charge < -0.3 is 4.90 Å². The van der Waals surface area contributed by atoms with E-state index in [0.717, 1.165) is 37.7 Å². The topological polar surface area (TPSA) is 37.4 Å². The van der Waals surface area contributed by atoms with Gasteiger partial charge in [-0.2, -0.15) is 0 Å². The first-order chi connectivity index (χ1) is 16.4. The number of benzene rings is 1. The molecule has 1 aromatic rings. The Balaban J connectivity index is 1.31. The molecule has 3 saturated carbocycles. The third kappa shape index (κ3) is 3.99. The van der Waals surface area contributed by atoms with Gasteiger partial charge >= 0.3 is 0 Å². The first kappa shape index (κ1) is 23.3. The van der Waals surface area contributed by atoms with Gasteiger partial charge in [-0.1, -0.05) is 61.6 Å². The molecule has 5 atom stereocenters. The second-order valence-electron chi connectivity index (χ2n) is 11.0. The largest absolute Gasteiger partial charge is 0.334 e. The summed E-state index contributed by atoms with van der Waals surface area (Å²) in [5.74, 6) is 2.03. The molecule has 3 fully saturated rings. The minimum Gasteiger partial charge on any atom is -0.334 e. The van der Waals surface area contributed by atoms with Crippen molar-refractivity contribution < 1.29 is 14.0 Å². The summed E-state index contributed by atoms with van der Waals surface area (Å²) in [7, 11) is 0. The van der Waals surface area contributed by atoms with E-state index in [0.29, 0.717) is 49.5 Å². The molecule has 180 valence electrons. The molecule has 1 amide bonds. The Kier molecular flexibility index (Phi) is 6.35. The van der Waals surface area contributed by atoms with Crippen LogP contribution in [-0.2, 0) is 22.7 Å². The Morgan fingerprint density at radius 3 is 2.68 bits per heavy atom. The molecule has 4 heteroatoms. The predicted octanol–water partition coefficient (Wildman–Crippen LogP) is 6.35. The highest BCUT2D eigenvalue weighted by Gasteiger charge is 2.58. The summed E-state index contributed by atoms with van der Waals surface area (Å²) in [4.78, 5) is 28.3. The highest BCUT2D eigenvalue weighted by atomic mass is 19.1. The van der Waals surface area contributed by atoms with Gasteiger partial charge in [-0.15, -0.1) is 0 Å². The van der Waals surface area contributed by atoms with Crippen LogP contribution in [0.4, 0.5) is 4.39 Å². The zero-order valence-electron chi connectivity index (χ0n) is 20.3. The van der Waals surface area contributed by atoms with Crippen molar-refractivity contribution in [3.63, 3.8) is 0 Å². The van der Waals surface area contributed by atoms with Crippen LogP contribution in [-0.4, -0.2) is 23.3 Å². The standard InChI is InChI=1S/C30H36FNO2/c1-20-10-12-26-25(24(20)9-5-6-16-31)14-15-30(2)27(33)17-21(29(26)30)11-13-28(34)32-18-22-7-3-4-8-23(22)19-32/h3-9,21,25-26,29H,1,10-19H2,2H3/b6-5-,24-9+/t21-,25?,26?,29?,30-/m1/s1. The number of alkyl halides is 1. The van der Waals surface area contributed by atoms with Crippen LogP contribution in [0.25, 0.3) is 0 Å². The van der Waals surface area contributed by atoms with E-state index in [1.165, 1.54) is 16.7 Å². The van der Waals surface area contributed by atoms with Crippen LogP contribution in [0.1, 0.15) is 63.0 Å². The summed E-state index contributed by atoms with van der Waals surface area (Å²) >= 11 is 0. The summed E-state index contributed by atoms with van der Waals surface area (Å²) < 4.78 is 12.6. The predicted molar refractivity (Wildman–Crippen MR) is 132 cm³/mol. The quantitative estimate of drug-likeness (QED) is 0.512. The Morgan fingerprint density at radius 2 is 1.97 bits per heavy atom. The van der Waals surface area contributed by atoms with Crippen LogP contribution in [0.2, 0.25) is 0 Å². The molecule has 3 nitrogen and oxygen atoms in total. The molecule has 1 heterocycles. The maximum atomic E-state index is 13.2. The molecule has 1 aromatic carbocycles. The first-order valence-corrected chi connectivity index (χ1v) is 12.9. The number of halogens is 1. The van der Waals surface area contributed by atoms with E-state index in [1.807, 2.05) is 23.1 Å². The van der Waals surface area contributed by atoms with Crippen LogP contribution >= 0.6 is 0 Å². The number of carbonyl (C=O) groups excluding carboxylic acids is 2. The highest BCUT2D eigenvalue weighted by Crippen LogP contribution is 2.62. The minimum atomic E-state index is -0.461. The van der Waals surface area contributed by atoms with Crippen molar-refractivity contribution in [3.8, 4) is 0 Å². The van der Waals surface area contributed by atoms with E-state index >= 15 is 0 Å². The Morgan fingerprint density at radius 1 is 1.24 bits per heavy atom. The van der Waals surface area contributed by atoms with E-state index in [-0.39, 0.29) is 17.2 Å². The molecular formula is C30H36FNO2. The zero-order valence-corrected chi connectivity index (χ0v) is 20.3. The molecule has 3 unspecified atom stereocenters. The normalized spacial score (nSPS) is 33.9. The SMILES string of the molecule is C=C1CCC2C(CC[C@]3(C)C(=O)C[C@@H](CCC(=O)N4Cc5ccccc5C4)C23)/C1=C/C=C\CF. The molecular weight excluding hydrogens is 425 g/mol. The molecule has 0 saturated heterocycles. The number of Topliss-reactive ketones (excluding diaryl/α,β-unsaturated/α-hetero) is 1. The number of nitrogens with zero attached hydrogens (tertiary/aromatic N) is 1. The van der Waals surface area contributed by atoms with Gasteiger partial charge in [-0.25, -0.2) is 4.39 Å². The van der Waals surface area contributed by atoms with Crippen LogP contribution in [0, 0.1) is 29.1 Å². The highest BCUT2D eigenvalue weighted by molar-refractivity contribution is 5.88. The molecule has 0 radical (unpaired) electrons. The number of carbonyl (C=O) groups is 2.